The summed E-state index contributed by atoms with van der Waals surface area (Å²) >= 11 is 1.39. The molecule has 0 unspecified atom stereocenters. The lowest BCUT2D eigenvalue weighted by Gasteiger charge is -2.04. The van der Waals surface area contributed by atoms with Crippen molar-refractivity contribution >= 4 is 21.6 Å². The van der Waals surface area contributed by atoms with Gasteiger partial charge in [-0.1, -0.05) is 61.5 Å². The molecule has 1 aromatic heterocycles. The van der Waals surface area contributed by atoms with E-state index in [1.807, 2.05) is 31.2 Å². The summed E-state index contributed by atoms with van der Waals surface area (Å²) in [5.74, 6) is 1.48. The molecular weight excluding hydrogens is 366 g/mol. The first kappa shape index (κ1) is 18.7. The standard InChI is InChI=1S/C20H21NO3S2/c1-14(2)13-25-20-19(26(22,23)17-7-5-4-6-8-17)21-18(24-20)16-11-9-15(3)10-12-16/h4-12,14H,13H2,1-3H3. The van der Waals surface area contributed by atoms with Crippen LogP contribution in [0, 0.1) is 12.8 Å². The highest BCUT2D eigenvalue weighted by molar-refractivity contribution is 8.00. The van der Waals surface area contributed by atoms with E-state index in [4.69, 9.17) is 4.42 Å². The van der Waals surface area contributed by atoms with Crippen LogP contribution in [-0.2, 0) is 9.84 Å². The molecule has 0 atom stereocenters. The van der Waals surface area contributed by atoms with Gasteiger partial charge in [0.2, 0.25) is 25.8 Å². The highest BCUT2D eigenvalue weighted by atomic mass is 32.2. The molecule has 0 aliphatic heterocycles. The normalized spacial score (nSPS) is 11.8. The average Bonchev–Trinajstić information content (AvgIpc) is 3.06. The molecule has 26 heavy (non-hydrogen) atoms. The second kappa shape index (κ2) is 7.68. The SMILES string of the molecule is Cc1ccc(-c2nc(S(=O)(=O)c3ccccc3)c(SCC(C)C)o2)cc1. The third-order valence-electron chi connectivity index (χ3n) is 3.72. The molecule has 136 valence electrons. The summed E-state index contributed by atoms with van der Waals surface area (Å²) in [5.41, 5.74) is 1.88. The minimum Gasteiger partial charge on any atom is -0.428 e. The number of oxazole rings is 1. The second-order valence-electron chi connectivity index (χ2n) is 6.50. The number of hydrogen-bond acceptors (Lipinski definition) is 5. The number of hydrogen-bond donors (Lipinski definition) is 0. The van der Waals surface area contributed by atoms with Gasteiger partial charge in [-0.15, -0.1) is 0 Å². The van der Waals surface area contributed by atoms with E-state index in [2.05, 4.69) is 18.8 Å². The fourth-order valence-electron chi connectivity index (χ4n) is 2.33. The third-order valence-corrected chi connectivity index (χ3v) is 6.90. The Bertz CT molecular complexity index is 976. The van der Waals surface area contributed by atoms with Gasteiger partial charge in [0.05, 0.1) is 4.90 Å². The fourth-order valence-corrected chi connectivity index (χ4v) is 4.83. The molecule has 0 spiro atoms. The predicted octanol–water partition coefficient (Wildman–Crippen LogP) is 5.23. The van der Waals surface area contributed by atoms with Gasteiger partial charge in [0, 0.05) is 11.3 Å². The summed E-state index contributed by atoms with van der Waals surface area (Å²) in [6.07, 6.45) is 0. The molecule has 2 aromatic carbocycles. The Morgan fingerprint density at radius 2 is 1.69 bits per heavy atom. The molecule has 0 radical (unpaired) electrons. The first-order valence-corrected chi connectivity index (χ1v) is 10.9. The van der Waals surface area contributed by atoms with Gasteiger partial charge in [0.1, 0.15) is 0 Å². The van der Waals surface area contributed by atoms with Gasteiger partial charge in [0.25, 0.3) is 0 Å². The van der Waals surface area contributed by atoms with Crippen LogP contribution in [0.15, 0.2) is 74.0 Å². The molecule has 3 rings (SSSR count). The Labute approximate surface area is 158 Å². The lowest BCUT2D eigenvalue weighted by atomic mass is 10.1. The van der Waals surface area contributed by atoms with Crippen molar-refractivity contribution in [3.63, 3.8) is 0 Å². The molecule has 0 saturated carbocycles. The maximum Gasteiger partial charge on any atom is 0.228 e. The molecule has 3 aromatic rings. The monoisotopic (exact) mass is 387 g/mol. The van der Waals surface area contributed by atoms with Gasteiger partial charge in [-0.3, -0.25) is 0 Å². The first-order chi connectivity index (χ1) is 12.4. The summed E-state index contributed by atoms with van der Waals surface area (Å²) < 4.78 is 32.0. The minimum absolute atomic E-state index is 0.00933. The fraction of sp³-hybridized carbons (Fsp3) is 0.250. The molecular formula is C20H21NO3S2. The molecule has 4 nitrogen and oxygen atoms in total. The third kappa shape index (κ3) is 4.02. The summed E-state index contributed by atoms with van der Waals surface area (Å²) in [7, 11) is -3.74. The minimum atomic E-state index is -3.74. The van der Waals surface area contributed by atoms with Crippen molar-refractivity contribution < 1.29 is 12.8 Å². The van der Waals surface area contributed by atoms with Crippen molar-refractivity contribution in [3.05, 3.63) is 60.2 Å². The van der Waals surface area contributed by atoms with E-state index >= 15 is 0 Å². The van der Waals surface area contributed by atoms with Crippen LogP contribution in [-0.4, -0.2) is 19.2 Å². The van der Waals surface area contributed by atoms with Crippen LogP contribution in [0.5, 0.6) is 0 Å². The zero-order valence-electron chi connectivity index (χ0n) is 15.0. The smallest absolute Gasteiger partial charge is 0.228 e. The Morgan fingerprint density at radius 1 is 1.04 bits per heavy atom. The van der Waals surface area contributed by atoms with Crippen LogP contribution in [0.2, 0.25) is 0 Å². The maximum absolute atomic E-state index is 13.1. The summed E-state index contributed by atoms with van der Waals surface area (Å²) in [4.78, 5) is 4.58. The summed E-state index contributed by atoms with van der Waals surface area (Å²) in [5, 5.41) is 0.336. The van der Waals surface area contributed by atoms with Crippen LogP contribution < -0.4 is 0 Å². The molecule has 0 saturated heterocycles. The Balaban J connectivity index is 2.09. The number of rotatable bonds is 6. The molecule has 0 N–H and O–H groups in total. The number of sulfone groups is 1. The van der Waals surface area contributed by atoms with Crippen LogP contribution >= 0.6 is 11.8 Å². The number of aryl methyl sites for hydroxylation is 1. The van der Waals surface area contributed by atoms with Gasteiger partial charge in [-0.05, 0) is 37.1 Å². The number of nitrogens with zero attached hydrogens (tertiary/aromatic N) is 1. The molecule has 0 aliphatic rings. The molecule has 1 heterocycles. The Kier molecular flexibility index (Phi) is 5.53. The largest absolute Gasteiger partial charge is 0.428 e. The number of thioether (sulfide) groups is 1. The highest BCUT2D eigenvalue weighted by Gasteiger charge is 2.28. The van der Waals surface area contributed by atoms with Crippen molar-refractivity contribution in [2.45, 2.75) is 35.8 Å². The van der Waals surface area contributed by atoms with Gasteiger partial charge in [0.15, 0.2) is 0 Å². The predicted molar refractivity (Wildman–Crippen MR) is 104 cm³/mol. The molecule has 0 fully saturated rings. The van der Waals surface area contributed by atoms with Crippen molar-refractivity contribution in [1.29, 1.82) is 0 Å². The zero-order chi connectivity index (χ0) is 18.7. The van der Waals surface area contributed by atoms with E-state index in [9.17, 15) is 8.42 Å². The topological polar surface area (TPSA) is 60.2 Å². The van der Waals surface area contributed by atoms with E-state index in [0.717, 1.165) is 16.9 Å². The van der Waals surface area contributed by atoms with Crippen molar-refractivity contribution in [3.8, 4) is 11.5 Å². The van der Waals surface area contributed by atoms with Crippen molar-refractivity contribution in [1.82, 2.24) is 4.98 Å². The van der Waals surface area contributed by atoms with E-state index < -0.39 is 9.84 Å². The molecule has 0 aliphatic carbocycles. The van der Waals surface area contributed by atoms with Gasteiger partial charge in [-0.2, -0.15) is 4.98 Å². The summed E-state index contributed by atoms with van der Waals surface area (Å²) in [6, 6.07) is 16.0. The quantitative estimate of drug-likeness (QED) is 0.542. The van der Waals surface area contributed by atoms with E-state index in [1.165, 1.54) is 11.8 Å². The van der Waals surface area contributed by atoms with Crippen LogP contribution in [0.4, 0.5) is 0 Å². The zero-order valence-corrected chi connectivity index (χ0v) is 16.6. The van der Waals surface area contributed by atoms with Crippen molar-refractivity contribution in [2.24, 2.45) is 5.92 Å². The molecule has 0 amide bonds. The Hall–Kier alpha value is -2.05. The van der Waals surface area contributed by atoms with Crippen LogP contribution in [0.3, 0.4) is 0 Å². The average molecular weight is 388 g/mol. The van der Waals surface area contributed by atoms with Crippen LogP contribution in [0.1, 0.15) is 19.4 Å². The maximum atomic E-state index is 13.1. The lowest BCUT2D eigenvalue weighted by Crippen LogP contribution is -2.04. The van der Waals surface area contributed by atoms with E-state index in [-0.39, 0.29) is 9.92 Å². The van der Waals surface area contributed by atoms with E-state index in [1.54, 1.807) is 30.3 Å². The Morgan fingerprint density at radius 3 is 2.31 bits per heavy atom. The second-order valence-corrected chi connectivity index (χ2v) is 9.36. The van der Waals surface area contributed by atoms with E-state index in [0.29, 0.717) is 16.9 Å². The van der Waals surface area contributed by atoms with Crippen LogP contribution in [0.25, 0.3) is 11.5 Å². The molecule has 0 bridgehead atoms. The number of aromatic nitrogens is 1. The summed E-state index contributed by atoms with van der Waals surface area (Å²) in [6.45, 7) is 6.15. The van der Waals surface area contributed by atoms with Gasteiger partial charge < -0.3 is 4.42 Å². The van der Waals surface area contributed by atoms with Gasteiger partial charge in [-0.25, -0.2) is 8.42 Å². The molecule has 6 heteroatoms. The van der Waals surface area contributed by atoms with Crippen molar-refractivity contribution in [2.75, 3.05) is 5.75 Å². The number of benzene rings is 2. The lowest BCUT2D eigenvalue weighted by molar-refractivity contribution is 0.469. The first-order valence-electron chi connectivity index (χ1n) is 8.38. The van der Waals surface area contributed by atoms with Gasteiger partial charge >= 0.3 is 0 Å². The highest BCUT2D eigenvalue weighted by Crippen LogP contribution is 2.35.